The molecule has 3 rings (SSSR count). The van der Waals surface area contributed by atoms with Crippen LogP contribution >= 0.6 is 23.1 Å². The van der Waals surface area contributed by atoms with Crippen LogP contribution in [0, 0.1) is 0 Å². The first-order valence-electron chi connectivity index (χ1n) is 11.2. The first-order valence-corrected chi connectivity index (χ1v) is 13.1. The summed E-state index contributed by atoms with van der Waals surface area (Å²) in [5.74, 6) is -2.47. The Bertz CT molecular complexity index is 1210. The normalized spacial score (nSPS) is 18.6. The zero-order chi connectivity index (χ0) is 28.9. The number of thioether (sulfide) groups is 1. The number of nitrogens with two attached hydrogens (primary N) is 1. The van der Waals surface area contributed by atoms with E-state index in [1.54, 1.807) is 13.8 Å². The average molecular weight is 587 g/mol. The molecule has 0 radical (unpaired) electrons. The van der Waals surface area contributed by atoms with Crippen molar-refractivity contribution < 1.29 is 48.1 Å². The average Bonchev–Trinajstić information content (AvgIpc) is 3.30. The van der Waals surface area contributed by atoms with Gasteiger partial charge in [0.1, 0.15) is 29.4 Å². The fraction of sp³-hybridized carbons (Fsp3) is 0.476. The van der Waals surface area contributed by atoms with E-state index in [1.807, 2.05) is 0 Å². The number of carbonyl (C=O) groups excluding carboxylic acids is 5. The fourth-order valence-corrected chi connectivity index (χ4v) is 5.18. The van der Waals surface area contributed by atoms with Gasteiger partial charge in [0.05, 0.1) is 6.10 Å². The molecule has 3 amide bonds. The first-order chi connectivity index (χ1) is 18.4. The lowest BCUT2D eigenvalue weighted by molar-refractivity contribution is -0.158. The quantitative estimate of drug-likeness (QED) is 0.0677. The third-order valence-electron chi connectivity index (χ3n) is 5.04. The molecule has 2 atom stereocenters. The third kappa shape index (κ3) is 6.88. The van der Waals surface area contributed by atoms with Crippen molar-refractivity contribution >= 4 is 64.0 Å². The number of nitrogens with one attached hydrogen (secondary N) is 1. The predicted octanol–water partition coefficient (Wildman–Crippen LogP) is 0.318. The van der Waals surface area contributed by atoms with E-state index in [4.69, 9.17) is 24.7 Å². The summed E-state index contributed by atoms with van der Waals surface area (Å²) >= 11 is 2.22. The van der Waals surface area contributed by atoms with Crippen LogP contribution in [0.4, 0.5) is 14.7 Å². The van der Waals surface area contributed by atoms with Crippen LogP contribution in [0.15, 0.2) is 21.8 Å². The Kier molecular flexibility index (Phi) is 9.57. The van der Waals surface area contributed by atoms with Gasteiger partial charge >= 0.3 is 18.2 Å². The second-order valence-electron chi connectivity index (χ2n) is 8.39. The van der Waals surface area contributed by atoms with Crippen LogP contribution in [0.25, 0.3) is 0 Å². The van der Waals surface area contributed by atoms with Gasteiger partial charge < -0.3 is 40.1 Å². The van der Waals surface area contributed by atoms with Gasteiger partial charge in [-0.05, 0) is 13.8 Å². The van der Waals surface area contributed by atoms with Crippen LogP contribution in [0.1, 0.15) is 19.5 Å². The minimum absolute atomic E-state index is 0.0163. The molecular formula is C21H26N6O10S2. The summed E-state index contributed by atoms with van der Waals surface area (Å²) < 4.78 is 19.7. The summed E-state index contributed by atoms with van der Waals surface area (Å²) in [6.07, 6.45) is -2.20. The number of esters is 1. The van der Waals surface area contributed by atoms with E-state index < -0.39 is 60.1 Å². The van der Waals surface area contributed by atoms with E-state index in [9.17, 15) is 29.2 Å². The lowest BCUT2D eigenvalue weighted by atomic mass is 10.0. The Hall–Kier alpha value is -4.06. The van der Waals surface area contributed by atoms with Crippen molar-refractivity contribution in [1.82, 2.24) is 20.1 Å². The van der Waals surface area contributed by atoms with Gasteiger partial charge in [0, 0.05) is 30.8 Å². The molecule has 1 aromatic heterocycles. The maximum atomic E-state index is 13.1. The third-order valence-corrected chi connectivity index (χ3v) is 7.05. The Morgan fingerprint density at radius 2 is 2.00 bits per heavy atom. The van der Waals surface area contributed by atoms with Crippen molar-refractivity contribution in [2.24, 2.45) is 5.16 Å². The maximum absolute atomic E-state index is 13.1. The van der Waals surface area contributed by atoms with Crippen molar-refractivity contribution in [2.45, 2.75) is 31.4 Å². The van der Waals surface area contributed by atoms with Crippen LogP contribution in [0.2, 0.25) is 0 Å². The largest absolute Gasteiger partial charge is 0.511 e. The van der Waals surface area contributed by atoms with Gasteiger partial charge in [-0.3, -0.25) is 14.5 Å². The van der Waals surface area contributed by atoms with Gasteiger partial charge in [-0.1, -0.05) is 5.16 Å². The van der Waals surface area contributed by atoms with Gasteiger partial charge in [0.25, 0.3) is 11.8 Å². The minimum atomic E-state index is -1.10. The second-order valence-corrected chi connectivity index (χ2v) is 10.4. The lowest BCUT2D eigenvalue weighted by Gasteiger charge is -2.49. The van der Waals surface area contributed by atoms with E-state index in [1.165, 1.54) is 36.1 Å². The van der Waals surface area contributed by atoms with Gasteiger partial charge in [-0.15, -0.1) is 23.1 Å². The number of hydrogen-bond acceptors (Lipinski definition) is 15. The van der Waals surface area contributed by atoms with Gasteiger partial charge in [0.2, 0.25) is 6.79 Å². The Morgan fingerprint density at radius 1 is 1.28 bits per heavy atom. The molecule has 0 spiro atoms. The van der Waals surface area contributed by atoms with Crippen molar-refractivity contribution in [3.05, 3.63) is 22.3 Å². The number of β-lactam (4-membered cyclic amide) rings is 1. The van der Waals surface area contributed by atoms with Crippen LogP contribution in [0.5, 0.6) is 0 Å². The molecule has 1 fully saturated rings. The molecule has 16 nitrogen and oxygen atoms in total. The molecule has 4 N–H and O–H groups in total. The van der Waals surface area contributed by atoms with E-state index >= 15 is 0 Å². The minimum Gasteiger partial charge on any atom is -0.445 e. The Morgan fingerprint density at radius 3 is 2.59 bits per heavy atom. The lowest BCUT2D eigenvalue weighted by Crippen LogP contribution is -2.71. The molecular weight excluding hydrogens is 560 g/mol. The summed E-state index contributed by atoms with van der Waals surface area (Å²) in [4.78, 5) is 68.4. The summed E-state index contributed by atoms with van der Waals surface area (Å²) in [5, 5.41) is 15.6. The maximum Gasteiger partial charge on any atom is 0.511 e. The van der Waals surface area contributed by atoms with Crippen LogP contribution < -0.4 is 11.1 Å². The van der Waals surface area contributed by atoms with Crippen molar-refractivity contribution in [2.75, 3.05) is 39.0 Å². The van der Waals surface area contributed by atoms with E-state index in [0.29, 0.717) is 0 Å². The monoisotopic (exact) mass is 586 g/mol. The molecule has 2 aliphatic rings. The SMILES string of the molecule is CC(C)OC(=O)OCOC(=O)C1=C(COC(=O)N(C)C)CS[C@@H]2[C@H](NC(=O)/C(=N\O)c3csc(N)n3)C(=O)N12. The summed E-state index contributed by atoms with van der Waals surface area (Å²) in [6, 6.07) is -1.10. The molecule has 3 heterocycles. The zero-order valence-corrected chi connectivity index (χ0v) is 22.9. The number of oxime groups is 1. The summed E-state index contributed by atoms with van der Waals surface area (Å²) in [6.45, 7) is 2.08. The molecule has 2 aliphatic heterocycles. The van der Waals surface area contributed by atoms with Crippen LogP contribution in [-0.4, -0.2) is 107 Å². The number of fused-ring (bicyclic) bond motifs is 1. The summed E-state index contributed by atoms with van der Waals surface area (Å²) in [5.41, 5.74) is 5.17. The second kappa shape index (κ2) is 12.7. The van der Waals surface area contributed by atoms with E-state index in [0.717, 1.165) is 16.2 Å². The molecule has 1 aromatic rings. The molecule has 0 bridgehead atoms. The highest BCUT2D eigenvalue weighted by Gasteiger charge is 2.55. The molecule has 1 saturated heterocycles. The highest BCUT2D eigenvalue weighted by atomic mass is 32.2. The topological polar surface area (TPSA) is 212 Å². The van der Waals surface area contributed by atoms with Gasteiger partial charge in [-0.2, -0.15) is 0 Å². The number of ether oxygens (including phenoxy) is 4. The number of aromatic nitrogens is 1. The van der Waals surface area contributed by atoms with Crippen LogP contribution in [-0.2, 0) is 33.3 Å². The number of anilines is 1. The number of carbonyl (C=O) groups is 5. The van der Waals surface area contributed by atoms with E-state index in [-0.39, 0.29) is 34.5 Å². The molecule has 18 heteroatoms. The molecule has 212 valence electrons. The van der Waals surface area contributed by atoms with E-state index in [2.05, 4.69) is 15.5 Å². The number of nitrogens with zero attached hydrogens (tertiary/aromatic N) is 4. The molecule has 39 heavy (non-hydrogen) atoms. The zero-order valence-electron chi connectivity index (χ0n) is 21.2. The Balaban J connectivity index is 1.75. The highest BCUT2D eigenvalue weighted by Crippen LogP contribution is 2.40. The number of rotatable bonds is 9. The standard InChI is InChI=1S/C21H26N6O10S2/c1-9(2)37-21(32)36-8-35-18(30)14-10(5-34-20(31)26(3)4)6-38-17-13(16(29)27(14)17)24-15(28)12(25-33)11-7-39-19(22)23-11/h7,9,13,17,33H,5-6,8H2,1-4H3,(H2,22,23)(H,24,28)/b25-12-/t13-,17-/m1/s1. The molecule has 0 aliphatic carbocycles. The van der Waals surface area contributed by atoms with Crippen molar-refractivity contribution in [3.63, 3.8) is 0 Å². The van der Waals surface area contributed by atoms with Gasteiger partial charge in [0.15, 0.2) is 10.8 Å². The van der Waals surface area contributed by atoms with Gasteiger partial charge in [-0.25, -0.2) is 19.4 Å². The molecule has 0 aromatic carbocycles. The highest BCUT2D eigenvalue weighted by molar-refractivity contribution is 8.00. The van der Waals surface area contributed by atoms with Crippen LogP contribution in [0.3, 0.4) is 0 Å². The first kappa shape index (κ1) is 29.5. The number of thiazole rings is 1. The fourth-order valence-electron chi connectivity index (χ4n) is 3.31. The Labute approximate surface area is 230 Å². The van der Waals surface area contributed by atoms with Crippen molar-refractivity contribution in [1.29, 1.82) is 0 Å². The molecule has 0 unspecified atom stereocenters. The number of hydrogen-bond donors (Lipinski definition) is 3. The predicted molar refractivity (Wildman–Crippen MR) is 136 cm³/mol. The smallest absolute Gasteiger partial charge is 0.445 e. The summed E-state index contributed by atoms with van der Waals surface area (Å²) in [7, 11) is 2.95. The number of amides is 3. The number of nitrogen functional groups attached to an aromatic ring is 1. The molecule has 0 saturated carbocycles. The van der Waals surface area contributed by atoms with Crippen molar-refractivity contribution in [3.8, 4) is 0 Å².